The third-order valence-electron chi connectivity index (χ3n) is 5.64. The van der Waals surface area contributed by atoms with Gasteiger partial charge in [-0.25, -0.2) is 19.7 Å². The summed E-state index contributed by atoms with van der Waals surface area (Å²) >= 11 is 0. The largest absolute Gasteiger partial charge is 0.508 e. The molecular formula is C23H19N2O9P. The molecule has 0 saturated carbocycles. The van der Waals surface area contributed by atoms with E-state index in [0.717, 1.165) is 0 Å². The zero-order valence-electron chi connectivity index (χ0n) is 18.0. The molecule has 2 aliphatic heterocycles. The number of rotatable bonds is 6. The summed E-state index contributed by atoms with van der Waals surface area (Å²) in [7, 11) is -3.98. The van der Waals surface area contributed by atoms with Gasteiger partial charge in [0, 0.05) is 35.4 Å². The second-order valence-electron chi connectivity index (χ2n) is 7.80. The quantitative estimate of drug-likeness (QED) is 0.290. The Balaban J connectivity index is 1.71. The van der Waals surface area contributed by atoms with Crippen molar-refractivity contribution >= 4 is 19.7 Å². The number of carbonyl (C=O) groups excluding carboxylic acids is 1. The highest BCUT2D eigenvalue weighted by Crippen LogP contribution is 2.57. The average molecular weight is 498 g/mol. The van der Waals surface area contributed by atoms with Crippen molar-refractivity contribution in [3.8, 4) is 23.0 Å². The number of phenolic OH excluding ortho intramolecular Hbond substituents is 1. The third kappa shape index (κ3) is 3.62. The highest BCUT2D eigenvalue weighted by molar-refractivity contribution is 7.51. The van der Waals surface area contributed by atoms with E-state index >= 15 is 0 Å². The zero-order chi connectivity index (χ0) is 25.0. The van der Waals surface area contributed by atoms with Crippen LogP contribution >= 0.6 is 7.75 Å². The van der Waals surface area contributed by atoms with Crippen LogP contribution < -0.4 is 20.5 Å². The lowest BCUT2D eigenvalue weighted by atomic mass is 9.77. The van der Waals surface area contributed by atoms with E-state index in [9.17, 15) is 24.4 Å². The maximum Gasteiger partial charge on any atom is 0.456 e. The SMILES string of the molecule is NCCOP(N)(=O)Oc1ccc2c(c1)Oc1cc(O)ccc1C21OC(=O)c2c(C(=O)O)cccc21. The number of ether oxygens (including phenoxy) is 2. The molecule has 2 atom stereocenters. The maximum atomic E-state index is 13.0. The fourth-order valence-electron chi connectivity index (χ4n) is 4.33. The minimum absolute atomic E-state index is 0.0363. The number of nitrogens with two attached hydrogens (primary N) is 2. The van der Waals surface area contributed by atoms with Crippen LogP contribution in [0.2, 0.25) is 0 Å². The van der Waals surface area contributed by atoms with Crippen LogP contribution in [0.4, 0.5) is 0 Å². The molecule has 2 aliphatic rings. The van der Waals surface area contributed by atoms with Crippen molar-refractivity contribution in [2.24, 2.45) is 11.2 Å². The number of carboxylic acid groups (broad SMARTS) is 1. The second kappa shape index (κ2) is 8.10. The molecule has 0 amide bonds. The molecule has 11 nitrogen and oxygen atoms in total. The summed E-state index contributed by atoms with van der Waals surface area (Å²) in [5.41, 5.74) is 10.1. The van der Waals surface area contributed by atoms with Gasteiger partial charge in [0.05, 0.1) is 17.7 Å². The van der Waals surface area contributed by atoms with E-state index in [0.29, 0.717) is 16.7 Å². The fraction of sp³-hybridized carbons (Fsp3) is 0.130. The normalized spacial score (nSPS) is 19.1. The van der Waals surface area contributed by atoms with E-state index in [1.807, 2.05) is 0 Å². The monoisotopic (exact) mass is 498 g/mol. The van der Waals surface area contributed by atoms with Gasteiger partial charge in [0.25, 0.3) is 0 Å². The van der Waals surface area contributed by atoms with Crippen molar-refractivity contribution in [3.63, 3.8) is 0 Å². The van der Waals surface area contributed by atoms with Crippen LogP contribution in [0.1, 0.15) is 37.4 Å². The molecule has 0 aliphatic carbocycles. The zero-order valence-corrected chi connectivity index (χ0v) is 18.9. The summed E-state index contributed by atoms with van der Waals surface area (Å²) in [6.07, 6.45) is 0. The molecule has 180 valence electrons. The van der Waals surface area contributed by atoms with Crippen LogP contribution in [0, 0.1) is 0 Å². The van der Waals surface area contributed by atoms with Crippen LogP contribution in [0.5, 0.6) is 23.0 Å². The van der Waals surface area contributed by atoms with Crippen LogP contribution in [0.15, 0.2) is 54.6 Å². The van der Waals surface area contributed by atoms with Gasteiger partial charge in [0.2, 0.25) is 0 Å². The van der Waals surface area contributed by atoms with Gasteiger partial charge >= 0.3 is 19.7 Å². The van der Waals surface area contributed by atoms with Gasteiger partial charge in [-0.3, -0.25) is 4.52 Å². The molecule has 6 N–H and O–H groups in total. The third-order valence-corrected chi connectivity index (χ3v) is 6.65. The number of aromatic carboxylic acids is 1. The lowest BCUT2D eigenvalue weighted by Crippen LogP contribution is -2.33. The minimum Gasteiger partial charge on any atom is -0.508 e. The number of hydrogen-bond donors (Lipinski definition) is 4. The first-order valence-corrected chi connectivity index (χ1v) is 12.0. The van der Waals surface area contributed by atoms with E-state index in [4.69, 9.17) is 29.8 Å². The smallest absolute Gasteiger partial charge is 0.456 e. The molecule has 0 fully saturated rings. The van der Waals surface area contributed by atoms with Crippen molar-refractivity contribution in [1.29, 1.82) is 0 Å². The Kier molecular flexibility index (Phi) is 5.30. The number of hydrogen-bond acceptors (Lipinski definition) is 9. The van der Waals surface area contributed by atoms with E-state index < -0.39 is 25.3 Å². The molecule has 12 heteroatoms. The van der Waals surface area contributed by atoms with Gasteiger partial charge in [-0.1, -0.05) is 12.1 Å². The van der Waals surface area contributed by atoms with E-state index in [1.54, 1.807) is 6.07 Å². The predicted molar refractivity (Wildman–Crippen MR) is 121 cm³/mol. The molecule has 0 aromatic heterocycles. The molecular weight excluding hydrogens is 479 g/mol. The van der Waals surface area contributed by atoms with Crippen molar-refractivity contribution in [1.82, 2.24) is 0 Å². The van der Waals surface area contributed by atoms with E-state index in [2.05, 4.69) is 0 Å². The second-order valence-corrected chi connectivity index (χ2v) is 9.32. The Bertz CT molecular complexity index is 1440. The van der Waals surface area contributed by atoms with Crippen LogP contribution in [0.3, 0.4) is 0 Å². The lowest BCUT2D eigenvalue weighted by Gasteiger charge is -2.36. The summed E-state index contributed by atoms with van der Waals surface area (Å²) < 4.78 is 34.6. The first-order valence-electron chi connectivity index (χ1n) is 10.3. The molecule has 2 heterocycles. The predicted octanol–water partition coefficient (Wildman–Crippen LogP) is 3.08. The minimum atomic E-state index is -3.98. The van der Waals surface area contributed by atoms with Gasteiger partial charge in [0.1, 0.15) is 23.0 Å². The van der Waals surface area contributed by atoms with Crippen LogP contribution in [0.25, 0.3) is 0 Å². The standard InChI is InChI=1S/C23H19N2O9P/c24-8-9-31-35(25,30)34-13-5-7-16-19(11-13)32-18-10-12(26)4-6-15(18)23(16)17-3-1-2-14(21(27)28)20(17)22(29)33-23/h1-7,10-11,26H,8-9,24H2,(H2,25,30)(H,27,28). The molecule has 1 spiro atoms. The Morgan fingerprint density at radius 2 is 1.77 bits per heavy atom. The summed E-state index contributed by atoms with van der Waals surface area (Å²) in [4.78, 5) is 24.9. The van der Waals surface area contributed by atoms with Crippen LogP contribution in [-0.4, -0.2) is 35.3 Å². The van der Waals surface area contributed by atoms with Crippen LogP contribution in [-0.2, 0) is 19.4 Å². The molecule has 0 saturated heterocycles. The number of carboxylic acids is 1. The molecule has 3 aromatic rings. The van der Waals surface area contributed by atoms with Gasteiger partial charge in [-0.05, 0) is 30.3 Å². The Morgan fingerprint density at radius 3 is 2.49 bits per heavy atom. The number of aromatic hydroxyl groups is 1. The highest BCUT2D eigenvalue weighted by Gasteiger charge is 2.54. The summed E-state index contributed by atoms with van der Waals surface area (Å²) in [6, 6.07) is 13.0. The molecule has 0 bridgehead atoms. The average Bonchev–Trinajstić information content (AvgIpc) is 3.10. The molecule has 3 aromatic carbocycles. The van der Waals surface area contributed by atoms with Crippen molar-refractivity contribution in [2.75, 3.05) is 13.2 Å². The van der Waals surface area contributed by atoms with Gasteiger partial charge in [-0.2, -0.15) is 0 Å². The fourth-order valence-corrected chi connectivity index (χ4v) is 5.15. The first-order chi connectivity index (χ1) is 16.7. The lowest BCUT2D eigenvalue weighted by molar-refractivity contribution is 0.0222. The van der Waals surface area contributed by atoms with Gasteiger partial charge in [0.15, 0.2) is 5.60 Å². The van der Waals surface area contributed by atoms with Crippen molar-refractivity contribution in [3.05, 3.63) is 82.4 Å². The number of carbonyl (C=O) groups is 2. The van der Waals surface area contributed by atoms with Crippen molar-refractivity contribution < 1.29 is 42.9 Å². The summed E-state index contributed by atoms with van der Waals surface area (Å²) in [6.45, 7) is 0.00732. The molecule has 35 heavy (non-hydrogen) atoms. The Hall–Kier alpha value is -3.89. The number of benzene rings is 3. The molecule has 0 radical (unpaired) electrons. The number of fused-ring (bicyclic) bond motifs is 6. The summed E-state index contributed by atoms with van der Waals surface area (Å²) in [5, 5.41) is 19.7. The van der Waals surface area contributed by atoms with Crippen molar-refractivity contribution in [2.45, 2.75) is 5.60 Å². The van der Waals surface area contributed by atoms with Gasteiger partial charge in [-0.15, -0.1) is 0 Å². The highest BCUT2D eigenvalue weighted by atomic mass is 31.2. The molecule has 5 rings (SSSR count). The number of esters is 1. The van der Waals surface area contributed by atoms with E-state index in [1.165, 1.54) is 48.5 Å². The molecule has 2 unspecified atom stereocenters. The first kappa shape index (κ1) is 22.9. The Morgan fingerprint density at radius 1 is 1.06 bits per heavy atom. The van der Waals surface area contributed by atoms with Gasteiger partial charge < -0.3 is 29.9 Å². The number of phenols is 1. The topological polar surface area (TPSA) is 181 Å². The Labute approximate surface area is 198 Å². The van der Waals surface area contributed by atoms with E-state index in [-0.39, 0.29) is 47.3 Å². The summed E-state index contributed by atoms with van der Waals surface area (Å²) in [5.74, 6) is -1.89. The maximum absolute atomic E-state index is 13.0.